The van der Waals surface area contributed by atoms with Gasteiger partial charge in [-0.1, -0.05) is 13.8 Å². The van der Waals surface area contributed by atoms with Crippen LogP contribution in [0.4, 0.5) is 0 Å². The molecule has 0 saturated carbocycles. The number of thiazole rings is 1. The molecule has 0 saturated heterocycles. The van der Waals surface area contributed by atoms with Gasteiger partial charge in [0.25, 0.3) is 0 Å². The van der Waals surface area contributed by atoms with Gasteiger partial charge in [0.1, 0.15) is 0 Å². The normalized spacial score (nSPS) is 12.4. The number of nitrogens with two attached hydrogens (primary N) is 1. The van der Waals surface area contributed by atoms with Crippen LogP contribution >= 0.6 is 11.3 Å². The third kappa shape index (κ3) is 3.54. The molecule has 0 amide bonds. The Bertz CT molecular complexity index is 339. The van der Waals surface area contributed by atoms with E-state index in [1.807, 2.05) is 13.8 Å². The molecule has 0 aliphatic heterocycles. The highest BCUT2D eigenvalue weighted by Crippen LogP contribution is 2.29. The van der Waals surface area contributed by atoms with Gasteiger partial charge in [0, 0.05) is 23.9 Å². The molecule has 0 bridgehead atoms. The zero-order valence-electron chi connectivity index (χ0n) is 10.8. The number of hydrogen-bond donors (Lipinski definition) is 1. The minimum Gasteiger partial charge on any atom is -0.378 e. The lowest BCUT2D eigenvalue weighted by Crippen LogP contribution is -2.28. The maximum Gasteiger partial charge on any atom is 0.0935 e. The van der Waals surface area contributed by atoms with E-state index < -0.39 is 0 Å². The third-order valence-corrected chi connectivity index (χ3v) is 3.65. The summed E-state index contributed by atoms with van der Waals surface area (Å²) >= 11 is 1.72. The summed E-state index contributed by atoms with van der Waals surface area (Å²) in [5, 5.41) is 1.16. The van der Waals surface area contributed by atoms with Crippen LogP contribution in [-0.2, 0) is 23.3 Å². The summed E-state index contributed by atoms with van der Waals surface area (Å²) in [5.41, 5.74) is 6.81. The van der Waals surface area contributed by atoms with E-state index in [1.165, 1.54) is 0 Å². The summed E-state index contributed by atoms with van der Waals surface area (Å²) in [6.07, 6.45) is 1.01. The number of aromatic nitrogens is 1. The first-order valence-corrected chi connectivity index (χ1v) is 6.43. The standard InChI is InChI=1S/C12H22N2OS/c1-8(2)6-10-14-9(7-15-5)11(16-10)12(3,4)13/h8H,6-7,13H2,1-5H3. The second-order valence-electron chi connectivity index (χ2n) is 5.14. The highest BCUT2D eigenvalue weighted by molar-refractivity contribution is 7.11. The molecule has 2 N–H and O–H groups in total. The number of ether oxygens (including phenoxy) is 1. The van der Waals surface area contributed by atoms with E-state index in [4.69, 9.17) is 10.5 Å². The van der Waals surface area contributed by atoms with Crippen molar-refractivity contribution >= 4 is 11.3 Å². The van der Waals surface area contributed by atoms with Gasteiger partial charge in [-0.25, -0.2) is 4.98 Å². The van der Waals surface area contributed by atoms with E-state index in [9.17, 15) is 0 Å². The second kappa shape index (κ2) is 5.25. The lowest BCUT2D eigenvalue weighted by molar-refractivity contribution is 0.180. The summed E-state index contributed by atoms with van der Waals surface area (Å²) in [6.45, 7) is 8.97. The lowest BCUT2D eigenvalue weighted by atomic mass is 10.0. The molecule has 1 rings (SSSR count). The Morgan fingerprint density at radius 2 is 2.06 bits per heavy atom. The fourth-order valence-corrected chi connectivity index (χ4v) is 2.87. The molecular formula is C12H22N2OS. The summed E-state index contributed by atoms with van der Waals surface area (Å²) in [5.74, 6) is 0.621. The van der Waals surface area contributed by atoms with Crippen molar-refractivity contribution < 1.29 is 4.74 Å². The third-order valence-electron chi connectivity index (χ3n) is 2.19. The molecule has 1 aromatic heterocycles. The fraction of sp³-hybridized carbons (Fsp3) is 0.750. The number of hydrogen-bond acceptors (Lipinski definition) is 4. The van der Waals surface area contributed by atoms with Gasteiger partial charge < -0.3 is 10.5 Å². The number of methoxy groups -OCH3 is 1. The van der Waals surface area contributed by atoms with Crippen LogP contribution < -0.4 is 5.73 Å². The summed E-state index contributed by atoms with van der Waals surface area (Å²) in [7, 11) is 1.69. The molecule has 0 atom stereocenters. The fourth-order valence-electron chi connectivity index (χ4n) is 1.58. The van der Waals surface area contributed by atoms with E-state index in [1.54, 1.807) is 18.4 Å². The van der Waals surface area contributed by atoms with Crippen LogP contribution in [0.3, 0.4) is 0 Å². The van der Waals surface area contributed by atoms with Crippen LogP contribution in [0.2, 0.25) is 0 Å². The zero-order valence-corrected chi connectivity index (χ0v) is 11.6. The SMILES string of the molecule is COCc1nc(CC(C)C)sc1C(C)(C)N. The van der Waals surface area contributed by atoms with E-state index in [0.717, 1.165) is 22.0 Å². The van der Waals surface area contributed by atoms with Gasteiger partial charge in [0.2, 0.25) is 0 Å². The van der Waals surface area contributed by atoms with Crippen LogP contribution in [0.15, 0.2) is 0 Å². The van der Waals surface area contributed by atoms with E-state index in [-0.39, 0.29) is 5.54 Å². The highest BCUT2D eigenvalue weighted by Gasteiger charge is 2.23. The Kier molecular flexibility index (Phi) is 4.47. The minimum absolute atomic E-state index is 0.333. The van der Waals surface area contributed by atoms with Crippen LogP contribution in [0.5, 0.6) is 0 Å². The molecule has 0 aromatic carbocycles. The molecule has 92 valence electrons. The van der Waals surface area contributed by atoms with Crippen LogP contribution in [-0.4, -0.2) is 12.1 Å². The molecule has 0 fully saturated rings. The molecule has 0 aliphatic carbocycles. The van der Waals surface area contributed by atoms with Crippen LogP contribution in [0.1, 0.15) is 43.3 Å². The predicted molar refractivity (Wildman–Crippen MR) is 68.6 cm³/mol. The maximum atomic E-state index is 6.15. The van der Waals surface area contributed by atoms with Gasteiger partial charge in [0.15, 0.2) is 0 Å². The topological polar surface area (TPSA) is 48.1 Å². The Morgan fingerprint density at radius 3 is 2.50 bits per heavy atom. The summed E-state index contributed by atoms with van der Waals surface area (Å²) in [4.78, 5) is 5.76. The van der Waals surface area contributed by atoms with Gasteiger partial charge in [-0.05, 0) is 19.8 Å². The van der Waals surface area contributed by atoms with Gasteiger partial charge in [-0.2, -0.15) is 0 Å². The Morgan fingerprint density at radius 1 is 1.44 bits per heavy atom. The molecule has 3 nitrogen and oxygen atoms in total. The van der Waals surface area contributed by atoms with Crippen molar-refractivity contribution in [3.63, 3.8) is 0 Å². The highest BCUT2D eigenvalue weighted by atomic mass is 32.1. The quantitative estimate of drug-likeness (QED) is 0.863. The molecule has 0 unspecified atom stereocenters. The molecular weight excluding hydrogens is 220 g/mol. The summed E-state index contributed by atoms with van der Waals surface area (Å²) < 4.78 is 5.17. The predicted octanol–water partition coefficient (Wildman–Crippen LogP) is 2.68. The molecule has 0 spiro atoms. The first kappa shape index (κ1) is 13.6. The molecule has 16 heavy (non-hydrogen) atoms. The lowest BCUT2D eigenvalue weighted by Gasteiger charge is -2.17. The molecule has 1 heterocycles. The molecule has 0 aliphatic rings. The van der Waals surface area contributed by atoms with E-state index >= 15 is 0 Å². The van der Waals surface area contributed by atoms with E-state index in [0.29, 0.717) is 12.5 Å². The number of nitrogens with zero attached hydrogens (tertiary/aromatic N) is 1. The molecule has 4 heteroatoms. The van der Waals surface area contributed by atoms with Crippen molar-refractivity contribution in [1.29, 1.82) is 0 Å². The zero-order chi connectivity index (χ0) is 12.3. The molecule has 0 radical (unpaired) electrons. The van der Waals surface area contributed by atoms with Crippen molar-refractivity contribution in [2.75, 3.05) is 7.11 Å². The van der Waals surface area contributed by atoms with Gasteiger partial charge in [-0.3, -0.25) is 0 Å². The Labute approximate surface area is 102 Å². The van der Waals surface area contributed by atoms with Crippen molar-refractivity contribution in [1.82, 2.24) is 4.98 Å². The van der Waals surface area contributed by atoms with Gasteiger partial charge in [0.05, 0.1) is 17.3 Å². The first-order chi connectivity index (χ1) is 7.34. The van der Waals surface area contributed by atoms with Crippen LogP contribution in [0.25, 0.3) is 0 Å². The van der Waals surface area contributed by atoms with Gasteiger partial charge in [-0.15, -0.1) is 11.3 Å². The van der Waals surface area contributed by atoms with Crippen LogP contribution in [0, 0.1) is 5.92 Å². The largest absolute Gasteiger partial charge is 0.378 e. The van der Waals surface area contributed by atoms with Crippen molar-refractivity contribution in [2.24, 2.45) is 11.7 Å². The number of rotatable bonds is 5. The Hall–Kier alpha value is -0.450. The van der Waals surface area contributed by atoms with E-state index in [2.05, 4.69) is 18.8 Å². The summed E-state index contributed by atoms with van der Waals surface area (Å²) in [6, 6.07) is 0. The maximum absolute atomic E-state index is 6.15. The average molecular weight is 242 g/mol. The van der Waals surface area contributed by atoms with Gasteiger partial charge >= 0.3 is 0 Å². The minimum atomic E-state index is -0.333. The second-order valence-corrected chi connectivity index (χ2v) is 6.22. The molecule has 1 aromatic rings. The first-order valence-electron chi connectivity index (χ1n) is 5.61. The smallest absolute Gasteiger partial charge is 0.0935 e. The Balaban J connectivity index is 3.00. The monoisotopic (exact) mass is 242 g/mol. The average Bonchev–Trinajstić information content (AvgIpc) is 2.46. The van der Waals surface area contributed by atoms with Crippen molar-refractivity contribution in [2.45, 2.75) is 46.3 Å². The van der Waals surface area contributed by atoms with Crippen molar-refractivity contribution in [3.8, 4) is 0 Å². The van der Waals surface area contributed by atoms with Crippen molar-refractivity contribution in [3.05, 3.63) is 15.6 Å².